The lowest BCUT2D eigenvalue weighted by molar-refractivity contribution is 0.0686. The Morgan fingerprint density at radius 2 is 2.13 bits per heavy atom. The van der Waals surface area contributed by atoms with E-state index in [0.29, 0.717) is 5.82 Å². The molecule has 2 aromatic heterocycles. The number of carboxylic acids is 1. The first-order valence-electron chi connectivity index (χ1n) is 4.08. The van der Waals surface area contributed by atoms with Gasteiger partial charge >= 0.3 is 5.97 Å². The Morgan fingerprint density at radius 1 is 1.40 bits per heavy atom. The van der Waals surface area contributed by atoms with Gasteiger partial charge in [0.2, 0.25) is 0 Å². The van der Waals surface area contributed by atoms with E-state index in [1.165, 1.54) is 18.1 Å². The van der Waals surface area contributed by atoms with Crippen molar-refractivity contribution < 1.29 is 9.90 Å². The van der Waals surface area contributed by atoms with Crippen molar-refractivity contribution in [1.82, 2.24) is 29.8 Å². The highest BCUT2D eigenvalue weighted by Gasteiger charge is 2.22. The number of hydrogen-bond acceptors (Lipinski definition) is 5. The Kier molecular flexibility index (Phi) is 1.96. The molecule has 0 aromatic carbocycles. The van der Waals surface area contributed by atoms with Gasteiger partial charge in [-0.3, -0.25) is 0 Å². The third kappa shape index (κ3) is 1.35. The van der Waals surface area contributed by atoms with Gasteiger partial charge in [0.25, 0.3) is 0 Å². The topological polar surface area (TPSA) is 98.7 Å². The zero-order valence-corrected chi connectivity index (χ0v) is 8.12. The molecule has 1 N–H and O–H groups in total. The van der Waals surface area contributed by atoms with Crippen LogP contribution in [0.1, 0.15) is 10.5 Å². The van der Waals surface area contributed by atoms with Gasteiger partial charge in [-0.1, -0.05) is 5.21 Å². The predicted molar refractivity (Wildman–Crippen MR) is 48.0 cm³/mol. The molecule has 15 heavy (non-hydrogen) atoms. The molecule has 0 fully saturated rings. The summed E-state index contributed by atoms with van der Waals surface area (Å²) in [5, 5.41) is 23.8. The summed E-state index contributed by atoms with van der Waals surface area (Å²) in [5.74, 6) is -0.721. The summed E-state index contributed by atoms with van der Waals surface area (Å²) in [6.45, 7) is 0. The number of nitrogens with zero attached hydrogens (tertiary/aromatic N) is 6. The normalized spacial score (nSPS) is 10.5. The van der Waals surface area contributed by atoms with E-state index in [9.17, 15) is 4.79 Å². The Balaban J connectivity index is 2.64. The van der Waals surface area contributed by atoms with E-state index in [1.54, 1.807) is 11.6 Å². The van der Waals surface area contributed by atoms with Gasteiger partial charge in [-0.2, -0.15) is 0 Å². The lowest BCUT2D eigenvalue weighted by Gasteiger charge is -1.97. The summed E-state index contributed by atoms with van der Waals surface area (Å²) in [7, 11) is 3.21. The first-order valence-corrected chi connectivity index (χ1v) is 4.08. The SMILES string of the molecule is Cn1cnnc1-c1nnn(C)c1C(=O)O. The highest BCUT2D eigenvalue weighted by Crippen LogP contribution is 2.16. The lowest BCUT2D eigenvalue weighted by atomic mass is 10.3. The minimum atomic E-state index is -1.10. The van der Waals surface area contributed by atoms with Crippen LogP contribution >= 0.6 is 0 Å². The van der Waals surface area contributed by atoms with Gasteiger partial charge in [-0.15, -0.1) is 15.3 Å². The van der Waals surface area contributed by atoms with Crippen LogP contribution < -0.4 is 0 Å². The van der Waals surface area contributed by atoms with Crippen LogP contribution in [0.25, 0.3) is 11.5 Å². The lowest BCUT2D eigenvalue weighted by Crippen LogP contribution is -2.07. The second-order valence-corrected chi connectivity index (χ2v) is 2.98. The van der Waals surface area contributed by atoms with Gasteiger partial charge in [-0.05, 0) is 0 Å². The number of carboxylic acid groups (broad SMARTS) is 1. The van der Waals surface area contributed by atoms with E-state index in [0.717, 1.165) is 0 Å². The molecular formula is C7H8N6O2. The fraction of sp³-hybridized carbons (Fsp3) is 0.286. The minimum Gasteiger partial charge on any atom is -0.476 e. The molecule has 0 aliphatic heterocycles. The second-order valence-electron chi connectivity index (χ2n) is 2.98. The van der Waals surface area contributed by atoms with Crippen LogP contribution in [0, 0.1) is 0 Å². The monoisotopic (exact) mass is 208 g/mol. The number of carbonyl (C=O) groups is 1. The summed E-state index contributed by atoms with van der Waals surface area (Å²) in [6, 6.07) is 0. The van der Waals surface area contributed by atoms with Crippen molar-refractivity contribution >= 4 is 5.97 Å². The van der Waals surface area contributed by atoms with E-state index >= 15 is 0 Å². The Bertz CT molecular complexity index is 513. The molecule has 0 radical (unpaired) electrons. The number of aryl methyl sites for hydroxylation is 2. The average Bonchev–Trinajstić information content (AvgIpc) is 2.71. The Morgan fingerprint density at radius 3 is 2.67 bits per heavy atom. The van der Waals surface area contributed by atoms with Crippen molar-refractivity contribution in [2.24, 2.45) is 14.1 Å². The van der Waals surface area contributed by atoms with Gasteiger partial charge in [0.05, 0.1) is 0 Å². The molecular weight excluding hydrogens is 200 g/mol. The summed E-state index contributed by atoms with van der Waals surface area (Å²) >= 11 is 0. The average molecular weight is 208 g/mol. The largest absolute Gasteiger partial charge is 0.476 e. The van der Waals surface area contributed by atoms with Crippen LogP contribution in [-0.4, -0.2) is 40.8 Å². The molecule has 2 rings (SSSR count). The molecule has 0 amide bonds. The van der Waals surface area contributed by atoms with Gasteiger partial charge in [0.15, 0.2) is 17.2 Å². The number of aromatic nitrogens is 6. The van der Waals surface area contributed by atoms with Crippen molar-refractivity contribution in [2.75, 3.05) is 0 Å². The Labute approximate surface area is 84.2 Å². The molecule has 78 valence electrons. The maximum absolute atomic E-state index is 11.0. The van der Waals surface area contributed by atoms with Crippen LogP contribution in [0.3, 0.4) is 0 Å². The first-order chi connectivity index (χ1) is 7.11. The van der Waals surface area contributed by atoms with Crippen molar-refractivity contribution in [3.8, 4) is 11.5 Å². The first kappa shape index (κ1) is 9.31. The molecule has 0 atom stereocenters. The third-order valence-electron chi connectivity index (χ3n) is 1.95. The molecule has 0 saturated carbocycles. The smallest absolute Gasteiger partial charge is 0.356 e. The van der Waals surface area contributed by atoms with E-state index in [2.05, 4.69) is 20.5 Å². The van der Waals surface area contributed by atoms with Crippen LogP contribution in [0.2, 0.25) is 0 Å². The number of aromatic carboxylic acids is 1. The molecule has 8 heteroatoms. The van der Waals surface area contributed by atoms with E-state index < -0.39 is 5.97 Å². The fourth-order valence-electron chi connectivity index (χ4n) is 1.25. The van der Waals surface area contributed by atoms with Gasteiger partial charge in [0, 0.05) is 14.1 Å². The second kappa shape index (κ2) is 3.15. The standard InChI is InChI=1S/C7H8N6O2/c1-12-3-8-10-6(12)4-5(7(14)15)13(2)11-9-4/h3H,1-2H3,(H,14,15). The fourth-order valence-corrected chi connectivity index (χ4v) is 1.25. The number of rotatable bonds is 2. The van der Waals surface area contributed by atoms with E-state index in [-0.39, 0.29) is 11.4 Å². The molecule has 8 nitrogen and oxygen atoms in total. The molecule has 0 bridgehead atoms. The summed E-state index contributed by atoms with van der Waals surface area (Å²) in [5.41, 5.74) is 0.205. The molecule has 0 aliphatic rings. The van der Waals surface area contributed by atoms with Crippen molar-refractivity contribution in [3.63, 3.8) is 0 Å². The van der Waals surface area contributed by atoms with Crippen LogP contribution in [0.4, 0.5) is 0 Å². The maximum atomic E-state index is 11.0. The van der Waals surface area contributed by atoms with Crippen molar-refractivity contribution in [3.05, 3.63) is 12.0 Å². The molecule has 2 aromatic rings. The molecule has 2 heterocycles. The van der Waals surface area contributed by atoms with Gasteiger partial charge in [0.1, 0.15) is 6.33 Å². The van der Waals surface area contributed by atoms with Gasteiger partial charge < -0.3 is 9.67 Å². The molecule has 0 unspecified atom stereocenters. The molecule has 0 aliphatic carbocycles. The van der Waals surface area contributed by atoms with Crippen LogP contribution in [-0.2, 0) is 14.1 Å². The third-order valence-corrected chi connectivity index (χ3v) is 1.95. The minimum absolute atomic E-state index is 0.00824. The van der Waals surface area contributed by atoms with Crippen molar-refractivity contribution in [1.29, 1.82) is 0 Å². The van der Waals surface area contributed by atoms with Gasteiger partial charge in [-0.25, -0.2) is 9.48 Å². The zero-order chi connectivity index (χ0) is 11.0. The Hall–Kier alpha value is -2.25. The molecule has 0 spiro atoms. The van der Waals surface area contributed by atoms with Crippen LogP contribution in [0.5, 0.6) is 0 Å². The van der Waals surface area contributed by atoms with E-state index in [4.69, 9.17) is 5.11 Å². The summed E-state index contributed by atoms with van der Waals surface area (Å²) in [4.78, 5) is 11.0. The highest BCUT2D eigenvalue weighted by atomic mass is 16.4. The highest BCUT2D eigenvalue weighted by molar-refractivity contribution is 5.91. The van der Waals surface area contributed by atoms with Crippen molar-refractivity contribution in [2.45, 2.75) is 0 Å². The zero-order valence-electron chi connectivity index (χ0n) is 8.12. The molecule has 0 saturated heterocycles. The predicted octanol–water partition coefficient (Wildman–Crippen LogP) is -0.691. The summed E-state index contributed by atoms with van der Waals surface area (Å²) in [6.07, 6.45) is 1.47. The number of hydrogen-bond donors (Lipinski definition) is 1. The van der Waals surface area contributed by atoms with Crippen LogP contribution in [0.15, 0.2) is 6.33 Å². The maximum Gasteiger partial charge on any atom is 0.356 e. The quantitative estimate of drug-likeness (QED) is 0.701. The van der Waals surface area contributed by atoms with E-state index in [1.807, 2.05) is 0 Å². The summed E-state index contributed by atoms with van der Waals surface area (Å²) < 4.78 is 2.77.